The van der Waals surface area contributed by atoms with Gasteiger partial charge in [0.25, 0.3) is 5.91 Å². The van der Waals surface area contributed by atoms with E-state index in [2.05, 4.69) is 9.88 Å². The van der Waals surface area contributed by atoms with Crippen LogP contribution in [-0.4, -0.2) is 64.5 Å². The van der Waals surface area contributed by atoms with E-state index in [4.69, 9.17) is 22.1 Å². The third kappa shape index (κ3) is 3.94. The zero-order chi connectivity index (χ0) is 20.8. The van der Waals surface area contributed by atoms with E-state index in [-0.39, 0.29) is 28.0 Å². The molecule has 0 saturated carbocycles. The summed E-state index contributed by atoms with van der Waals surface area (Å²) >= 11 is 5.93. The topological polar surface area (TPSA) is 88.8 Å². The summed E-state index contributed by atoms with van der Waals surface area (Å²) in [7, 11) is 0. The lowest BCUT2D eigenvalue weighted by Crippen LogP contribution is -2.53. The van der Waals surface area contributed by atoms with Crippen molar-refractivity contribution in [3.63, 3.8) is 0 Å². The minimum atomic E-state index is -0.373. The first kappa shape index (κ1) is 20.4. The quantitative estimate of drug-likeness (QED) is 0.584. The zero-order valence-corrected chi connectivity index (χ0v) is 17.9. The molecule has 1 atom stereocenters. The summed E-state index contributed by atoms with van der Waals surface area (Å²) in [6.07, 6.45) is 5.91. The molecule has 8 heteroatoms. The zero-order valence-electron chi connectivity index (χ0n) is 17.1. The van der Waals surface area contributed by atoms with Crippen LogP contribution in [0.1, 0.15) is 56.3 Å². The predicted molar refractivity (Wildman–Crippen MR) is 111 cm³/mol. The van der Waals surface area contributed by atoms with Gasteiger partial charge < -0.3 is 15.4 Å². The van der Waals surface area contributed by atoms with Gasteiger partial charge in [0.05, 0.1) is 22.9 Å². The van der Waals surface area contributed by atoms with Crippen LogP contribution < -0.4 is 5.73 Å². The fourth-order valence-electron chi connectivity index (χ4n) is 5.30. The number of rotatable bonds is 2. The summed E-state index contributed by atoms with van der Waals surface area (Å²) in [5.74, 6) is -0.133. The number of pyridine rings is 1. The number of carbonyl (C=O) groups excluding carboxylic acids is 2. The maximum Gasteiger partial charge on any atom is 0.314 e. The molecule has 1 unspecified atom stereocenters. The summed E-state index contributed by atoms with van der Waals surface area (Å²) in [4.78, 5) is 33.7. The number of ether oxygens (including phenoxy) is 1. The molecule has 1 spiro atoms. The number of aromatic nitrogens is 1. The molecule has 3 aliphatic rings. The van der Waals surface area contributed by atoms with Crippen LogP contribution in [0, 0.1) is 5.41 Å². The van der Waals surface area contributed by atoms with E-state index in [1.165, 1.54) is 12.3 Å². The number of carbonyl (C=O) groups is 2. The number of anilines is 1. The molecule has 0 radical (unpaired) electrons. The molecule has 4 heterocycles. The number of nitrogens with zero attached hydrogens (tertiary/aromatic N) is 3. The van der Waals surface area contributed by atoms with Gasteiger partial charge in [-0.25, -0.2) is 4.98 Å². The Morgan fingerprint density at radius 1 is 1.31 bits per heavy atom. The molecule has 2 N–H and O–H groups in total. The third-order valence-electron chi connectivity index (χ3n) is 6.57. The molecule has 3 aliphatic heterocycles. The average Bonchev–Trinajstić information content (AvgIpc) is 2.90. The SMILES string of the molecule is CC1(C)CC2(CCCN(C3CCN(C(=O)c4cc(Cl)ncc4N)CC3)C2)C(=O)O1. The van der Waals surface area contributed by atoms with Crippen LogP contribution in [0.5, 0.6) is 0 Å². The van der Waals surface area contributed by atoms with Crippen molar-refractivity contribution in [2.24, 2.45) is 5.41 Å². The van der Waals surface area contributed by atoms with E-state index in [1.54, 1.807) is 0 Å². The molecule has 1 aromatic heterocycles. The van der Waals surface area contributed by atoms with Crippen molar-refractivity contribution in [2.45, 2.75) is 57.6 Å². The van der Waals surface area contributed by atoms with E-state index in [0.717, 1.165) is 45.2 Å². The van der Waals surface area contributed by atoms with Gasteiger partial charge in [0.2, 0.25) is 0 Å². The van der Waals surface area contributed by atoms with Gasteiger partial charge in [-0.2, -0.15) is 0 Å². The smallest absolute Gasteiger partial charge is 0.314 e. The fraction of sp³-hybridized carbons (Fsp3) is 0.667. The Bertz CT molecular complexity index is 822. The van der Waals surface area contributed by atoms with E-state index < -0.39 is 0 Å². The number of nitrogen functional groups attached to an aromatic ring is 1. The standard InChI is InChI=1S/C21H29ClN4O3/c1-20(2)12-21(19(28)29-20)6-3-7-26(13-21)14-4-8-25(9-5-14)18(27)15-10-17(22)24-11-16(15)23/h10-11,14H,3-9,12-13,23H2,1-2H3. The predicted octanol–water partition coefficient (Wildman–Crippen LogP) is 2.73. The number of cyclic esters (lactones) is 1. The highest BCUT2D eigenvalue weighted by atomic mass is 35.5. The number of piperidine rings is 2. The highest BCUT2D eigenvalue weighted by Gasteiger charge is 2.54. The molecule has 0 aromatic carbocycles. The van der Waals surface area contributed by atoms with Crippen molar-refractivity contribution in [1.29, 1.82) is 0 Å². The van der Waals surface area contributed by atoms with Crippen LogP contribution in [0.2, 0.25) is 5.15 Å². The lowest BCUT2D eigenvalue weighted by Gasteiger charge is -2.44. The van der Waals surface area contributed by atoms with Gasteiger partial charge in [0.15, 0.2) is 0 Å². The van der Waals surface area contributed by atoms with Gasteiger partial charge in [-0.15, -0.1) is 0 Å². The summed E-state index contributed by atoms with van der Waals surface area (Å²) in [5.41, 5.74) is 5.95. The van der Waals surface area contributed by atoms with E-state index in [0.29, 0.717) is 30.4 Å². The van der Waals surface area contributed by atoms with Crippen molar-refractivity contribution in [1.82, 2.24) is 14.8 Å². The third-order valence-corrected chi connectivity index (χ3v) is 6.78. The number of amides is 1. The Labute approximate surface area is 176 Å². The molecule has 1 aromatic rings. The van der Waals surface area contributed by atoms with Gasteiger partial charge >= 0.3 is 5.97 Å². The van der Waals surface area contributed by atoms with E-state index in [1.807, 2.05) is 18.7 Å². The second-order valence-electron chi connectivity index (χ2n) is 9.30. The monoisotopic (exact) mass is 420 g/mol. The fourth-order valence-corrected chi connectivity index (χ4v) is 5.46. The second kappa shape index (κ2) is 7.43. The van der Waals surface area contributed by atoms with Crippen molar-refractivity contribution in [2.75, 3.05) is 31.9 Å². The molecule has 29 heavy (non-hydrogen) atoms. The maximum atomic E-state index is 12.9. The summed E-state index contributed by atoms with van der Waals surface area (Å²) in [6.45, 7) is 7.10. The Balaban J connectivity index is 1.39. The van der Waals surface area contributed by atoms with Gasteiger partial charge in [-0.05, 0) is 52.1 Å². The number of nitrogens with two attached hydrogens (primary N) is 1. The Morgan fingerprint density at radius 2 is 2.03 bits per heavy atom. The van der Waals surface area contributed by atoms with Crippen molar-refractivity contribution >= 4 is 29.2 Å². The molecule has 0 bridgehead atoms. The first-order valence-corrected chi connectivity index (χ1v) is 10.7. The number of hydrogen-bond acceptors (Lipinski definition) is 6. The second-order valence-corrected chi connectivity index (χ2v) is 9.69. The van der Waals surface area contributed by atoms with Crippen LogP contribution in [0.4, 0.5) is 5.69 Å². The van der Waals surface area contributed by atoms with Crippen LogP contribution in [0.25, 0.3) is 0 Å². The first-order valence-electron chi connectivity index (χ1n) is 10.4. The highest BCUT2D eigenvalue weighted by Crippen LogP contribution is 2.46. The molecule has 3 fully saturated rings. The lowest BCUT2D eigenvalue weighted by molar-refractivity contribution is -0.154. The molecular weight excluding hydrogens is 392 g/mol. The maximum absolute atomic E-state index is 12.9. The van der Waals surface area contributed by atoms with E-state index in [9.17, 15) is 9.59 Å². The van der Waals surface area contributed by atoms with Crippen molar-refractivity contribution in [3.8, 4) is 0 Å². The van der Waals surface area contributed by atoms with Crippen molar-refractivity contribution < 1.29 is 14.3 Å². The molecule has 3 saturated heterocycles. The normalized spacial score (nSPS) is 28.0. The number of halogens is 1. The summed E-state index contributed by atoms with van der Waals surface area (Å²) in [5, 5.41) is 0.266. The molecular formula is C21H29ClN4O3. The van der Waals surface area contributed by atoms with Gasteiger partial charge in [-0.3, -0.25) is 14.5 Å². The summed E-state index contributed by atoms with van der Waals surface area (Å²) < 4.78 is 5.65. The van der Waals surface area contributed by atoms with Crippen LogP contribution in [0.3, 0.4) is 0 Å². The minimum Gasteiger partial charge on any atom is -0.459 e. The van der Waals surface area contributed by atoms with Crippen LogP contribution in [0.15, 0.2) is 12.3 Å². The van der Waals surface area contributed by atoms with E-state index >= 15 is 0 Å². The molecule has 4 rings (SSSR count). The van der Waals surface area contributed by atoms with Crippen LogP contribution in [-0.2, 0) is 9.53 Å². The average molecular weight is 421 g/mol. The molecule has 7 nitrogen and oxygen atoms in total. The molecule has 1 amide bonds. The number of hydrogen-bond donors (Lipinski definition) is 1. The lowest BCUT2D eigenvalue weighted by atomic mass is 9.74. The first-order chi connectivity index (χ1) is 13.7. The number of esters is 1. The minimum absolute atomic E-state index is 0.0372. The van der Waals surface area contributed by atoms with Crippen LogP contribution >= 0.6 is 11.6 Å². The Hall–Kier alpha value is -1.86. The van der Waals surface area contributed by atoms with Gasteiger partial charge in [-0.1, -0.05) is 11.6 Å². The largest absolute Gasteiger partial charge is 0.459 e. The Kier molecular flexibility index (Phi) is 5.23. The van der Waals surface area contributed by atoms with Gasteiger partial charge in [0.1, 0.15) is 10.8 Å². The van der Waals surface area contributed by atoms with Crippen molar-refractivity contribution in [3.05, 3.63) is 23.0 Å². The van der Waals surface area contributed by atoms with Gasteiger partial charge in [0, 0.05) is 32.1 Å². The molecule has 158 valence electrons. The Morgan fingerprint density at radius 3 is 2.69 bits per heavy atom. The summed E-state index contributed by atoms with van der Waals surface area (Å²) in [6, 6.07) is 1.92. The molecule has 0 aliphatic carbocycles. The number of likely N-dealkylation sites (tertiary alicyclic amines) is 2. The highest BCUT2D eigenvalue weighted by molar-refractivity contribution is 6.29.